The molecule has 0 atom stereocenters. The summed E-state index contributed by atoms with van der Waals surface area (Å²) in [5, 5.41) is 4.03. The Morgan fingerprint density at radius 3 is 2.10 bits per heavy atom. The van der Waals surface area contributed by atoms with Gasteiger partial charge in [-0.05, 0) is 86.0 Å². The number of carbonyl (C=O) groups is 1. The third kappa shape index (κ3) is 7.73. The predicted octanol–water partition coefficient (Wildman–Crippen LogP) is 5.55. The SMILES string of the molecule is COc1ccc(C)cc1N(CC(=O)N/N=C\c1ccc(OCc2ccc(C)cc2)cc1)S(=O)(=O)c1ccc(C)cc1. The Labute approximate surface area is 241 Å². The fourth-order valence-corrected chi connectivity index (χ4v) is 5.40. The van der Waals surface area contributed by atoms with Gasteiger partial charge in [-0.1, -0.05) is 53.6 Å². The monoisotopic (exact) mass is 571 g/mol. The van der Waals surface area contributed by atoms with Crippen molar-refractivity contribution < 1.29 is 22.7 Å². The van der Waals surface area contributed by atoms with Gasteiger partial charge >= 0.3 is 0 Å². The average molecular weight is 572 g/mol. The molecule has 0 aliphatic rings. The first-order chi connectivity index (χ1) is 19.7. The van der Waals surface area contributed by atoms with E-state index in [1.54, 1.807) is 24.3 Å². The van der Waals surface area contributed by atoms with Crippen LogP contribution in [0.25, 0.3) is 0 Å². The summed E-state index contributed by atoms with van der Waals surface area (Å²) in [6.07, 6.45) is 1.48. The standard InChI is InChI=1S/C32H33N3O5S/c1-23-5-10-27(11-6-23)22-40-28-14-12-26(13-15-28)20-33-34-32(36)21-35(30-19-25(3)9-18-31(30)39-4)41(37,38)29-16-7-24(2)8-17-29/h5-20H,21-22H2,1-4H3,(H,34,36)/b33-20-. The number of hydrazone groups is 1. The van der Waals surface area contributed by atoms with Crippen molar-refractivity contribution >= 4 is 27.8 Å². The molecule has 9 heteroatoms. The number of ether oxygens (including phenoxy) is 2. The number of rotatable bonds is 11. The zero-order valence-corrected chi connectivity index (χ0v) is 24.3. The van der Waals surface area contributed by atoms with E-state index in [1.165, 1.54) is 31.0 Å². The maximum atomic E-state index is 13.7. The maximum absolute atomic E-state index is 13.7. The van der Waals surface area contributed by atoms with Gasteiger partial charge in [-0.25, -0.2) is 13.8 Å². The van der Waals surface area contributed by atoms with Crippen molar-refractivity contribution in [3.05, 3.63) is 119 Å². The molecule has 0 saturated heterocycles. The molecule has 0 aliphatic carbocycles. The van der Waals surface area contributed by atoms with Crippen LogP contribution in [0.2, 0.25) is 0 Å². The number of nitrogens with zero attached hydrogens (tertiary/aromatic N) is 2. The van der Waals surface area contributed by atoms with E-state index in [0.717, 1.165) is 26.6 Å². The Bertz CT molecular complexity index is 1620. The van der Waals surface area contributed by atoms with Gasteiger partial charge in [0.25, 0.3) is 15.9 Å². The van der Waals surface area contributed by atoms with Crippen molar-refractivity contribution in [2.75, 3.05) is 18.0 Å². The highest BCUT2D eigenvalue weighted by Gasteiger charge is 2.29. The lowest BCUT2D eigenvalue weighted by molar-refractivity contribution is -0.119. The minimum absolute atomic E-state index is 0.0626. The van der Waals surface area contributed by atoms with Crippen LogP contribution in [0.5, 0.6) is 11.5 Å². The highest BCUT2D eigenvalue weighted by molar-refractivity contribution is 7.92. The predicted molar refractivity (Wildman–Crippen MR) is 161 cm³/mol. The molecule has 0 radical (unpaired) electrons. The zero-order chi connectivity index (χ0) is 29.4. The van der Waals surface area contributed by atoms with Crippen molar-refractivity contribution in [3.8, 4) is 11.5 Å². The molecular formula is C32H33N3O5S. The van der Waals surface area contributed by atoms with Crippen molar-refractivity contribution in [2.24, 2.45) is 5.10 Å². The molecule has 4 aromatic carbocycles. The molecule has 41 heavy (non-hydrogen) atoms. The minimum atomic E-state index is -4.10. The van der Waals surface area contributed by atoms with Crippen LogP contribution in [0.1, 0.15) is 27.8 Å². The number of hydrogen-bond donors (Lipinski definition) is 1. The smallest absolute Gasteiger partial charge is 0.264 e. The summed E-state index contributed by atoms with van der Waals surface area (Å²) in [5.41, 5.74) is 7.43. The number of aryl methyl sites for hydroxylation is 3. The van der Waals surface area contributed by atoms with Crippen molar-refractivity contribution in [1.29, 1.82) is 0 Å². The molecule has 4 aromatic rings. The number of amides is 1. The Hall–Kier alpha value is -4.63. The lowest BCUT2D eigenvalue weighted by atomic mass is 10.2. The van der Waals surface area contributed by atoms with Crippen LogP contribution in [0.4, 0.5) is 5.69 Å². The number of benzene rings is 4. The first kappa shape index (κ1) is 29.4. The van der Waals surface area contributed by atoms with Gasteiger partial charge in [0.1, 0.15) is 24.7 Å². The number of nitrogens with one attached hydrogen (secondary N) is 1. The van der Waals surface area contributed by atoms with Gasteiger partial charge in [-0.3, -0.25) is 9.10 Å². The topological polar surface area (TPSA) is 97.3 Å². The third-order valence-corrected chi connectivity index (χ3v) is 8.08. The van der Waals surface area contributed by atoms with Crippen molar-refractivity contribution in [1.82, 2.24) is 5.43 Å². The van der Waals surface area contributed by atoms with Gasteiger partial charge in [0.05, 0.1) is 23.9 Å². The van der Waals surface area contributed by atoms with E-state index in [0.29, 0.717) is 18.1 Å². The highest BCUT2D eigenvalue weighted by atomic mass is 32.2. The Balaban J connectivity index is 1.45. The molecule has 212 valence electrons. The van der Waals surface area contributed by atoms with Gasteiger partial charge in [-0.15, -0.1) is 0 Å². The highest BCUT2D eigenvalue weighted by Crippen LogP contribution is 2.33. The molecular weight excluding hydrogens is 538 g/mol. The van der Waals surface area contributed by atoms with E-state index in [4.69, 9.17) is 9.47 Å². The summed E-state index contributed by atoms with van der Waals surface area (Å²) in [6, 6.07) is 27.0. The van der Waals surface area contributed by atoms with Crippen LogP contribution in [0.15, 0.2) is 101 Å². The van der Waals surface area contributed by atoms with Crippen LogP contribution in [-0.4, -0.2) is 34.2 Å². The Morgan fingerprint density at radius 1 is 0.854 bits per heavy atom. The largest absolute Gasteiger partial charge is 0.495 e. The summed E-state index contributed by atoms with van der Waals surface area (Å²) < 4.78 is 39.7. The van der Waals surface area contributed by atoms with E-state index in [1.807, 2.05) is 75.4 Å². The molecule has 0 spiro atoms. The first-order valence-electron chi connectivity index (χ1n) is 13.0. The lowest BCUT2D eigenvalue weighted by Gasteiger charge is -2.25. The number of anilines is 1. The van der Waals surface area contributed by atoms with Crippen molar-refractivity contribution in [3.63, 3.8) is 0 Å². The van der Waals surface area contributed by atoms with Crippen LogP contribution in [0, 0.1) is 20.8 Å². The fraction of sp³-hybridized carbons (Fsp3) is 0.188. The third-order valence-electron chi connectivity index (χ3n) is 6.31. The summed E-state index contributed by atoms with van der Waals surface area (Å²) in [4.78, 5) is 13.0. The van der Waals surface area contributed by atoms with Gasteiger partial charge < -0.3 is 9.47 Å². The van der Waals surface area contributed by atoms with E-state index >= 15 is 0 Å². The molecule has 0 unspecified atom stereocenters. The molecule has 1 amide bonds. The minimum Gasteiger partial charge on any atom is -0.495 e. The van der Waals surface area contributed by atoms with Crippen LogP contribution in [0.3, 0.4) is 0 Å². The molecule has 8 nitrogen and oxygen atoms in total. The maximum Gasteiger partial charge on any atom is 0.264 e. The summed E-state index contributed by atoms with van der Waals surface area (Å²) in [7, 11) is -2.65. The summed E-state index contributed by atoms with van der Waals surface area (Å²) in [6.45, 7) is 5.70. The summed E-state index contributed by atoms with van der Waals surface area (Å²) >= 11 is 0. The molecule has 4 rings (SSSR count). The first-order valence-corrected chi connectivity index (χ1v) is 14.4. The van der Waals surface area contributed by atoms with Crippen LogP contribution in [-0.2, 0) is 21.4 Å². The molecule has 0 heterocycles. The van der Waals surface area contributed by atoms with E-state index < -0.39 is 22.5 Å². The van der Waals surface area contributed by atoms with Gasteiger partial charge in [0, 0.05) is 0 Å². The number of sulfonamides is 1. The van der Waals surface area contributed by atoms with Crippen molar-refractivity contribution in [2.45, 2.75) is 32.3 Å². The second-order valence-corrected chi connectivity index (χ2v) is 11.5. The van der Waals surface area contributed by atoms with Gasteiger partial charge in [0.2, 0.25) is 0 Å². The van der Waals surface area contributed by atoms with E-state index in [-0.39, 0.29) is 10.6 Å². The molecule has 1 N–H and O–H groups in total. The quantitative estimate of drug-likeness (QED) is 0.188. The molecule has 0 aliphatic heterocycles. The average Bonchev–Trinajstić information content (AvgIpc) is 2.96. The van der Waals surface area contributed by atoms with E-state index in [9.17, 15) is 13.2 Å². The molecule has 0 saturated carbocycles. The normalized spacial score (nSPS) is 11.3. The van der Waals surface area contributed by atoms with Crippen LogP contribution < -0.4 is 19.2 Å². The molecule has 0 bridgehead atoms. The number of carbonyl (C=O) groups excluding carboxylic acids is 1. The van der Waals surface area contributed by atoms with E-state index in [2.05, 4.69) is 10.5 Å². The fourth-order valence-electron chi connectivity index (χ4n) is 3.98. The zero-order valence-electron chi connectivity index (χ0n) is 23.5. The second-order valence-electron chi connectivity index (χ2n) is 9.64. The second kappa shape index (κ2) is 13.1. The Kier molecular flexibility index (Phi) is 9.41. The lowest BCUT2D eigenvalue weighted by Crippen LogP contribution is -2.39. The van der Waals surface area contributed by atoms with Gasteiger partial charge in [0.15, 0.2) is 0 Å². The Morgan fingerprint density at radius 2 is 1.46 bits per heavy atom. The van der Waals surface area contributed by atoms with Gasteiger partial charge in [-0.2, -0.15) is 5.10 Å². The number of hydrogen-bond acceptors (Lipinski definition) is 6. The number of methoxy groups -OCH3 is 1. The molecule has 0 aromatic heterocycles. The van der Waals surface area contributed by atoms with Crippen LogP contribution >= 0.6 is 0 Å². The summed E-state index contributed by atoms with van der Waals surface area (Å²) in [5.74, 6) is 0.418. The molecule has 0 fully saturated rings.